The van der Waals surface area contributed by atoms with Crippen molar-refractivity contribution in [2.75, 3.05) is 39.5 Å². The second-order valence-corrected chi connectivity index (χ2v) is 8.50. The van der Waals surface area contributed by atoms with Gasteiger partial charge in [0.25, 0.3) is 0 Å². The van der Waals surface area contributed by atoms with Crippen LogP contribution in [-0.2, 0) is 19.0 Å². The normalized spacial score (nSPS) is 23.9. The zero-order valence-electron chi connectivity index (χ0n) is 16.9. The average molecular weight is 480 g/mol. The first-order valence-electron chi connectivity index (χ1n) is 10.2. The van der Waals surface area contributed by atoms with Gasteiger partial charge < -0.3 is 24.8 Å². The maximum absolute atomic E-state index is 12.9. The van der Waals surface area contributed by atoms with Crippen molar-refractivity contribution in [3.05, 3.63) is 45.6 Å². The van der Waals surface area contributed by atoms with Crippen molar-refractivity contribution in [1.82, 2.24) is 15.5 Å². The van der Waals surface area contributed by atoms with E-state index < -0.39 is 17.8 Å². The molecule has 162 valence electrons. The molecule has 0 unspecified atom stereocenters. The Kier molecular flexibility index (Phi) is 6.43. The summed E-state index contributed by atoms with van der Waals surface area (Å²) in [4.78, 5) is 27.5. The van der Waals surface area contributed by atoms with Gasteiger partial charge in [-0.25, -0.2) is 9.59 Å². The Morgan fingerprint density at radius 1 is 1.30 bits per heavy atom. The summed E-state index contributed by atoms with van der Waals surface area (Å²) in [5.41, 5.74) is 1.82. The second-order valence-electron chi connectivity index (χ2n) is 7.58. The molecule has 9 heteroatoms. The largest absolute Gasteiger partial charge is 0.463 e. The van der Waals surface area contributed by atoms with Gasteiger partial charge in [0.15, 0.2) is 5.79 Å². The molecule has 4 rings (SSSR count). The quantitative estimate of drug-likeness (QED) is 0.630. The van der Waals surface area contributed by atoms with Crippen LogP contribution in [0.2, 0.25) is 0 Å². The number of ether oxygens (including phenoxy) is 3. The van der Waals surface area contributed by atoms with Crippen molar-refractivity contribution in [3.63, 3.8) is 0 Å². The van der Waals surface area contributed by atoms with E-state index >= 15 is 0 Å². The highest BCUT2D eigenvalue weighted by Crippen LogP contribution is 2.33. The third-order valence-corrected chi connectivity index (χ3v) is 6.14. The molecular weight excluding hydrogens is 454 g/mol. The molecule has 8 nitrogen and oxygen atoms in total. The van der Waals surface area contributed by atoms with Crippen molar-refractivity contribution >= 4 is 27.9 Å². The van der Waals surface area contributed by atoms with E-state index in [0.29, 0.717) is 31.0 Å². The Balaban J connectivity index is 1.60. The molecule has 0 radical (unpaired) electrons. The minimum Gasteiger partial charge on any atom is -0.463 e. The predicted molar refractivity (Wildman–Crippen MR) is 113 cm³/mol. The predicted octanol–water partition coefficient (Wildman–Crippen LogP) is 2.46. The van der Waals surface area contributed by atoms with Gasteiger partial charge in [-0.1, -0.05) is 28.1 Å². The fraction of sp³-hybridized carbons (Fsp3) is 0.524. The molecule has 2 N–H and O–H groups in total. The first kappa shape index (κ1) is 21.3. The van der Waals surface area contributed by atoms with Crippen molar-refractivity contribution in [1.29, 1.82) is 0 Å². The van der Waals surface area contributed by atoms with Crippen LogP contribution in [0.4, 0.5) is 4.79 Å². The van der Waals surface area contributed by atoms with Gasteiger partial charge in [-0.2, -0.15) is 0 Å². The first-order valence-corrected chi connectivity index (χ1v) is 11.0. The van der Waals surface area contributed by atoms with E-state index in [1.807, 2.05) is 24.3 Å². The van der Waals surface area contributed by atoms with Crippen molar-refractivity contribution in [2.24, 2.45) is 0 Å². The van der Waals surface area contributed by atoms with E-state index in [-0.39, 0.29) is 12.6 Å². The maximum atomic E-state index is 12.9. The van der Waals surface area contributed by atoms with Crippen LogP contribution in [0.3, 0.4) is 0 Å². The van der Waals surface area contributed by atoms with E-state index in [2.05, 4.69) is 31.5 Å². The summed E-state index contributed by atoms with van der Waals surface area (Å²) < 4.78 is 17.8. The number of halogens is 1. The average Bonchev–Trinajstić information content (AvgIpc) is 3.18. The number of carbonyl (C=O) groups is 2. The van der Waals surface area contributed by atoms with E-state index in [1.54, 1.807) is 6.92 Å². The van der Waals surface area contributed by atoms with E-state index in [9.17, 15) is 9.59 Å². The third-order valence-electron chi connectivity index (χ3n) is 5.64. The molecule has 30 heavy (non-hydrogen) atoms. The topological polar surface area (TPSA) is 89.1 Å². The second kappa shape index (κ2) is 9.05. The van der Waals surface area contributed by atoms with Gasteiger partial charge >= 0.3 is 12.0 Å². The van der Waals surface area contributed by atoms with E-state index in [4.69, 9.17) is 14.2 Å². The number of piperidine rings is 1. The number of benzene rings is 1. The van der Waals surface area contributed by atoms with Crippen LogP contribution in [0, 0.1) is 0 Å². The molecule has 0 bridgehead atoms. The Bertz CT molecular complexity index is 843. The van der Waals surface area contributed by atoms with Crippen LogP contribution in [0.15, 0.2) is 40.0 Å². The molecule has 2 saturated heterocycles. The van der Waals surface area contributed by atoms with Crippen molar-refractivity contribution in [2.45, 2.75) is 31.6 Å². The summed E-state index contributed by atoms with van der Waals surface area (Å²) >= 11 is 3.46. The molecule has 1 spiro atoms. The molecule has 0 aromatic heterocycles. The number of nitrogens with zero attached hydrogens (tertiary/aromatic N) is 1. The molecule has 1 aromatic carbocycles. The Hall–Kier alpha value is -1.94. The van der Waals surface area contributed by atoms with Crippen LogP contribution < -0.4 is 10.6 Å². The Morgan fingerprint density at radius 3 is 2.70 bits per heavy atom. The summed E-state index contributed by atoms with van der Waals surface area (Å²) in [5.74, 6) is -0.897. The molecule has 2 fully saturated rings. The monoisotopic (exact) mass is 479 g/mol. The lowest BCUT2D eigenvalue weighted by Crippen LogP contribution is -2.51. The van der Waals surface area contributed by atoms with Gasteiger partial charge in [0.05, 0.1) is 31.4 Å². The van der Waals surface area contributed by atoms with Gasteiger partial charge in [-0.05, 0) is 24.6 Å². The molecule has 1 atom stereocenters. The SMILES string of the molecule is CCOC(=O)C1=C(CN2CCC3(CC2)OCCO3)NC(=O)N[C@H]1c1cccc(Br)c1. The van der Waals surface area contributed by atoms with Gasteiger partial charge in [0, 0.05) is 42.6 Å². The van der Waals surface area contributed by atoms with E-state index in [0.717, 1.165) is 36.0 Å². The summed E-state index contributed by atoms with van der Waals surface area (Å²) in [7, 11) is 0. The summed E-state index contributed by atoms with van der Waals surface area (Å²) in [6.45, 7) is 5.25. The standard InChI is InChI=1S/C21H26BrN3O5/c1-2-28-19(26)17-16(13-25-8-6-21(7-9-25)29-10-11-30-21)23-20(27)24-18(17)14-4-3-5-15(22)12-14/h3-5,12,18H,2,6-11,13H2,1H3,(H2,23,24,27)/t18-/m0/s1. The van der Waals surface area contributed by atoms with Gasteiger partial charge in [0.1, 0.15) is 0 Å². The number of rotatable bonds is 5. The minimum absolute atomic E-state index is 0.260. The zero-order valence-corrected chi connectivity index (χ0v) is 18.5. The highest BCUT2D eigenvalue weighted by Gasteiger charge is 2.41. The molecule has 0 saturated carbocycles. The number of hydrogen-bond donors (Lipinski definition) is 2. The smallest absolute Gasteiger partial charge is 0.338 e. The molecule has 1 aromatic rings. The van der Waals surface area contributed by atoms with Gasteiger partial charge in [0.2, 0.25) is 0 Å². The number of urea groups is 1. The number of carbonyl (C=O) groups excluding carboxylic acids is 2. The summed E-state index contributed by atoms with van der Waals surface area (Å²) in [6, 6.07) is 6.64. The minimum atomic E-state index is -0.581. The van der Waals surface area contributed by atoms with Crippen LogP contribution in [0.5, 0.6) is 0 Å². The lowest BCUT2D eigenvalue weighted by molar-refractivity contribution is -0.184. The molecular formula is C21H26BrN3O5. The first-order chi connectivity index (χ1) is 14.5. The number of likely N-dealkylation sites (tertiary alicyclic amines) is 1. The number of nitrogens with one attached hydrogen (secondary N) is 2. The van der Waals surface area contributed by atoms with Gasteiger partial charge in [-0.3, -0.25) is 4.90 Å². The summed E-state index contributed by atoms with van der Waals surface area (Å²) in [6.07, 6.45) is 1.52. The number of amides is 2. The number of esters is 1. The lowest BCUT2D eigenvalue weighted by atomic mass is 9.94. The highest BCUT2D eigenvalue weighted by atomic mass is 79.9. The molecule has 3 aliphatic rings. The maximum Gasteiger partial charge on any atom is 0.338 e. The number of hydrogen-bond acceptors (Lipinski definition) is 6. The van der Waals surface area contributed by atoms with Crippen LogP contribution in [-0.4, -0.2) is 62.1 Å². The van der Waals surface area contributed by atoms with Crippen LogP contribution in [0.1, 0.15) is 31.4 Å². The zero-order chi connectivity index (χ0) is 21.1. The Labute approximate surface area is 184 Å². The van der Waals surface area contributed by atoms with Crippen LogP contribution in [0.25, 0.3) is 0 Å². The Morgan fingerprint density at radius 2 is 2.03 bits per heavy atom. The fourth-order valence-electron chi connectivity index (χ4n) is 4.19. The molecule has 2 amide bonds. The fourth-order valence-corrected chi connectivity index (χ4v) is 4.61. The van der Waals surface area contributed by atoms with Crippen LogP contribution >= 0.6 is 15.9 Å². The lowest BCUT2D eigenvalue weighted by Gasteiger charge is -2.39. The molecule has 0 aliphatic carbocycles. The molecule has 3 heterocycles. The highest BCUT2D eigenvalue weighted by molar-refractivity contribution is 9.10. The van der Waals surface area contributed by atoms with Gasteiger partial charge in [-0.15, -0.1) is 0 Å². The molecule has 3 aliphatic heterocycles. The van der Waals surface area contributed by atoms with Crippen molar-refractivity contribution in [3.8, 4) is 0 Å². The third kappa shape index (κ3) is 4.54. The summed E-state index contributed by atoms with van der Waals surface area (Å²) in [5, 5.41) is 5.71. The van der Waals surface area contributed by atoms with Crippen molar-refractivity contribution < 1.29 is 23.8 Å². The van der Waals surface area contributed by atoms with E-state index in [1.165, 1.54) is 0 Å².